The summed E-state index contributed by atoms with van der Waals surface area (Å²) in [5, 5.41) is 8.56. The monoisotopic (exact) mass is 197 g/mol. The molecule has 80 valence electrons. The van der Waals surface area contributed by atoms with Crippen molar-refractivity contribution in [3.8, 4) is 0 Å². The van der Waals surface area contributed by atoms with Crippen molar-refractivity contribution in [3.63, 3.8) is 0 Å². The van der Waals surface area contributed by atoms with Crippen molar-refractivity contribution in [1.29, 1.82) is 0 Å². The molecule has 0 aromatic rings. The third kappa shape index (κ3) is 3.50. The molecule has 0 radical (unpaired) electrons. The van der Waals surface area contributed by atoms with Gasteiger partial charge in [-0.05, 0) is 25.8 Å². The zero-order valence-corrected chi connectivity index (χ0v) is 8.99. The summed E-state index contributed by atoms with van der Waals surface area (Å²) >= 11 is 0. The van der Waals surface area contributed by atoms with Gasteiger partial charge in [0.2, 0.25) is 0 Å². The predicted molar refractivity (Wildman–Crippen MR) is 56.2 cm³/mol. The zero-order chi connectivity index (χ0) is 10.6. The molecule has 1 N–H and O–H groups in total. The summed E-state index contributed by atoms with van der Waals surface area (Å²) in [5.74, 6) is -0.0265. The van der Waals surface area contributed by atoms with E-state index in [1.165, 1.54) is 18.9 Å². The summed E-state index contributed by atoms with van der Waals surface area (Å²) in [6.07, 6.45) is 3.80. The highest BCUT2D eigenvalue weighted by atomic mass is 16.4. The number of hydrogen-bond donors (Lipinski definition) is 1. The third-order valence-corrected chi connectivity index (χ3v) is 2.79. The summed E-state index contributed by atoms with van der Waals surface area (Å²) in [4.78, 5) is 12.7. The molecule has 1 unspecified atom stereocenters. The standard InChI is InChI=1S/C11H19NO2/c1-3-10-4-5-12(8-10)7-9(2)6-11(13)14/h6,10H,3-5,7-8H2,1-2H3,(H,13,14). The van der Waals surface area contributed by atoms with Crippen molar-refractivity contribution in [2.24, 2.45) is 5.92 Å². The maximum absolute atomic E-state index is 10.4. The molecule has 3 nitrogen and oxygen atoms in total. The number of likely N-dealkylation sites (tertiary alicyclic amines) is 1. The summed E-state index contributed by atoms with van der Waals surface area (Å²) in [7, 11) is 0. The Balaban J connectivity index is 2.35. The van der Waals surface area contributed by atoms with Crippen LogP contribution in [0.25, 0.3) is 0 Å². The van der Waals surface area contributed by atoms with Crippen LogP contribution in [-0.4, -0.2) is 35.6 Å². The summed E-state index contributed by atoms with van der Waals surface area (Å²) < 4.78 is 0. The van der Waals surface area contributed by atoms with Gasteiger partial charge in [-0.2, -0.15) is 0 Å². The topological polar surface area (TPSA) is 40.5 Å². The van der Waals surface area contributed by atoms with Crippen LogP contribution in [0.4, 0.5) is 0 Å². The molecule has 1 atom stereocenters. The maximum atomic E-state index is 10.4. The van der Waals surface area contributed by atoms with Gasteiger partial charge in [-0.1, -0.05) is 18.9 Å². The van der Waals surface area contributed by atoms with Crippen LogP contribution in [0.15, 0.2) is 11.6 Å². The highest BCUT2D eigenvalue weighted by molar-refractivity contribution is 5.80. The second-order valence-electron chi connectivity index (χ2n) is 4.13. The Morgan fingerprint density at radius 3 is 2.86 bits per heavy atom. The minimum Gasteiger partial charge on any atom is -0.478 e. The molecule has 0 aromatic carbocycles. The largest absolute Gasteiger partial charge is 0.478 e. The number of hydrogen-bond acceptors (Lipinski definition) is 2. The fourth-order valence-electron chi connectivity index (χ4n) is 2.00. The van der Waals surface area contributed by atoms with Crippen LogP contribution >= 0.6 is 0 Å². The molecule has 1 saturated heterocycles. The first-order valence-corrected chi connectivity index (χ1v) is 5.24. The van der Waals surface area contributed by atoms with Crippen LogP contribution in [0, 0.1) is 5.92 Å². The molecule has 0 aliphatic carbocycles. The van der Waals surface area contributed by atoms with Gasteiger partial charge in [-0.3, -0.25) is 4.90 Å². The summed E-state index contributed by atoms with van der Waals surface area (Å²) in [5.41, 5.74) is 0.939. The predicted octanol–water partition coefficient (Wildman–Crippen LogP) is 1.75. The number of aliphatic carboxylic acids is 1. The molecule has 1 heterocycles. The van der Waals surface area contributed by atoms with Crippen molar-refractivity contribution in [3.05, 3.63) is 11.6 Å². The molecule has 0 aromatic heterocycles. The maximum Gasteiger partial charge on any atom is 0.328 e. The fourth-order valence-corrected chi connectivity index (χ4v) is 2.00. The Labute approximate surface area is 85.4 Å². The lowest BCUT2D eigenvalue weighted by molar-refractivity contribution is -0.131. The molecular weight excluding hydrogens is 178 g/mol. The van der Waals surface area contributed by atoms with E-state index in [2.05, 4.69) is 11.8 Å². The molecule has 1 aliphatic heterocycles. The van der Waals surface area contributed by atoms with Gasteiger partial charge in [0, 0.05) is 19.2 Å². The quantitative estimate of drug-likeness (QED) is 0.698. The number of rotatable bonds is 4. The number of carbonyl (C=O) groups is 1. The molecule has 0 spiro atoms. The second-order valence-corrected chi connectivity index (χ2v) is 4.13. The Kier molecular flexibility index (Phi) is 4.14. The molecule has 0 saturated carbocycles. The lowest BCUT2D eigenvalue weighted by Gasteiger charge is -2.15. The van der Waals surface area contributed by atoms with Gasteiger partial charge in [-0.25, -0.2) is 4.79 Å². The fraction of sp³-hybridized carbons (Fsp3) is 0.727. The van der Waals surface area contributed by atoms with Gasteiger partial charge in [0.05, 0.1) is 0 Å². The molecular formula is C11H19NO2. The first-order valence-electron chi connectivity index (χ1n) is 5.24. The average Bonchev–Trinajstić information content (AvgIpc) is 2.50. The SMILES string of the molecule is CCC1CCN(CC(C)=CC(=O)O)C1. The lowest BCUT2D eigenvalue weighted by Crippen LogP contribution is -2.22. The molecule has 1 aliphatic rings. The van der Waals surface area contributed by atoms with Crippen molar-refractivity contribution in [2.75, 3.05) is 19.6 Å². The number of nitrogens with zero attached hydrogens (tertiary/aromatic N) is 1. The van der Waals surface area contributed by atoms with Gasteiger partial charge < -0.3 is 5.11 Å². The Hall–Kier alpha value is -0.830. The smallest absolute Gasteiger partial charge is 0.328 e. The first-order chi connectivity index (χ1) is 6.61. The van der Waals surface area contributed by atoms with E-state index in [1.807, 2.05) is 6.92 Å². The van der Waals surface area contributed by atoms with E-state index in [0.29, 0.717) is 0 Å². The lowest BCUT2D eigenvalue weighted by atomic mass is 10.1. The second kappa shape index (κ2) is 5.15. The minimum absolute atomic E-state index is 0.808. The highest BCUT2D eigenvalue weighted by Crippen LogP contribution is 2.19. The first kappa shape index (κ1) is 11.2. The van der Waals surface area contributed by atoms with Crippen LogP contribution in [0.1, 0.15) is 26.7 Å². The molecule has 1 rings (SSSR count). The highest BCUT2D eigenvalue weighted by Gasteiger charge is 2.20. The van der Waals surface area contributed by atoms with Crippen molar-refractivity contribution < 1.29 is 9.90 Å². The molecule has 0 amide bonds. The third-order valence-electron chi connectivity index (χ3n) is 2.79. The van der Waals surface area contributed by atoms with Crippen LogP contribution in [0.3, 0.4) is 0 Å². The van der Waals surface area contributed by atoms with Gasteiger partial charge in [0.15, 0.2) is 0 Å². The van der Waals surface area contributed by atoms with Gasteiger partial charge >= 0.3 is 5.97 Å². The molecule has 3 heteroatoms. The van der Waals surface area contributed by atoms with E-state index in [0.717, 1.165) is 31.1 Å². The van der Waals surface area contributed by atoms with Crippen LogP contribution in [0.5, 0.6) is 0 Å². The number of carboxylic acids is 1. The minimum atomic E-state index is -0.839. The van der Waals surface area contributed by atoms with Crippen molar-refractivity contribution in [1.82, 2.24) is 4.90 Å². The van der Waals surface area contributed by atoms with E-state index >= 15 is 0 Å². The van der Waals surface area contributed by atoms with Crippen LogP contribution in [0.2, 0.25) is 0 Å². The van der Waals surface area contributed by atoms with E-state index in [4.69, 9.17) is 5.11 Å². The van der Waals surface area contributed by atoms with Crippen molar-refractivity contribution in [2.45, 2.75) is 26.7 Å². The van der Waals surface area contributed by atoms with Crippen LogP contribution < -0.4 is 0 Å². The van der Waals surface area contributed by atoms with Gasteiger partial charge in [0.1, 0.15) is 0 Å². The molecule has 0 bridgehead atoms. The molecule has 1 fully saturated rings. The van der Waals surface area contributed by atoms with E-state index < -0.39 is 5.97 Å². The average molecular weight is 197 g/mol. The van der Waals surface area contributed by atoms with Gasteiger partial charge in [0.25, 0.3) is 0 Å². The van der Waals surface area contributed by atoms with Gasteiger partial charge in [-0.15, -0.1) is 0 Å². The zero-order valence-electron chi connectivity index (χ0n) is 8.99. The van der Waals surface area contributed by atoms with E-state index in [9.17, 15) is 4.79 Å². The summed E-state index contributed by atoms with van der Waals surface area (Å²) in [6.45, 7) is 7.15. The van der Waals surface area contributed by atoms with Crippen molar-refractivity contribution >= 4 is 5.97 Å². The molecule has 14 heavy (non-hydrogen) atoms. The Bertz CT molecular complexity index is 235. The number of carboxylic acid groups (broad SMARTS) is 1. The summed E-state index contributed by atoms with van der Waals surface area (Å²) in [6, 6.07) is 0. The van der Waals surface area contributed by atoms with E-state index in [-0.39, 0.29) is 0 Å². The van der Waals surface area contributed by atoms with E-state index in [1.54, 1.807) is 0 Å². The Morgan fingerprint density at radius 1 is 1.64 bits per heavy atom. The van der Waals surface area contributed by atoms with Crippen LogP contribution in [-0.2, 0) is 4.79 Å². The Morgan fingerprint density at radius 2 is 2.36 bits per heavy atom. The normalized spacial score (nSPS) is 24.1.